The summed E-state index contributed by atoms with van der Waals surface area (Å²) in [6, 6.07) is 6.03. The maximum Gasteiger partial charge on any atom is 0.267 e. The molecule has 1 aromatic heterocycles. The number of fused-ring (bicyclic) bond motifs is 1. The number of aromatic nitrogens is 1. The predicted octanol–water partition coefficient (Wildman–Crippen LogP) is 3.49. The molecule has 6 heteroatoms. The molecule has 0 N–H and O–H groups in total. The molecular weight excluding hydrogens is 334 g/mol. The van der Waals surface area contributed by atoms with Gasteiger partial charge in [0.2, 0.25) is 0 Å². The average Bonchev–Trinajstić information content (AvgIpc) is 2.89. The lowest BCUT2D eigenvalue weighted by molar-refractivity contribution is -0.125. The van der Waals surface area contributed by atoms with Gasteiger partial charge in [-0.3, -0.25) is 4.79 Å². The van der Waals surface area contributed by atoms with Crippen LogP contribution in [0, 0.1) is 13.8 Å². The van der Waals surface area contributed by atoms with Crippen LogP contribution in [0.4, 0.5) is 5.69 Å². The molecule has 0 fully saturated rings. The molecule has 1 aliphatic heterocycles. The van der Waals surface area contributed by atoms with E-state index in [1.807, 2.05) is 51.0 Å². The maximum atomic E-state index is 12.7. The fourth-order valence-corrected chi connectivity index (χ4v) is 3.97. The molecule has 5 nitrogen and oxygen atoms in total. The fourth-order valence-electron chi connectivity index (χ4n) is 3.13. The van der Waals surface area contributed by atoms with E-state index < -0.39 is 6.10 Å². The van der Waals surface area contributed by atoms with E-state index in [0.717, 1.165) is 40.7 Å². The van der Waals surface area contributed by atoms with E-state index in [-0.39, 0.29) is 5.91 Å². The van der Waals surface area contributed by atoms with Crippen LogP contribution in [0.25, 0.3) is 11.3 Å². The van der Waals surface area contributed by atoms with Gasteiger partial charge in [-0.1, -0.05) is 0 Å². The summed E-state index contributed by atoms with van der Waals surface area (Å²) in [6.45, 7) is 7.54. The van der Waals surface area contributed by atoms with Crippen molar-refractivity contribution in [1.29, 1.82) is 0 Å². The Morgan fingerprint density at radius 3 is 2.72 bits per heavy atom. The van der Waals surface area contributed by atoms with Crippen molar-refractivity contribution < 1.29 is 9.53 Å². The van der Waals surface area contributed by atoms with E-state index in [1.165, 1.54) is 4.88 Å². The molecule has 2 heterocycles. The van der Waals surface area contributed by atoms with Crippen molar-refractivity contribution >= 4 is 22.9 Å². The molecule has 1 aliphatic rings. The fraction of sp³-hybridized carbons (Fsp3) is 0.474. The van der Waals surface area contributed by atoms with Crippen LogP contribution < -0.4 is 9.64 Å². The van der Waals surface area contributed by atoms with Crippen molar-refractivity contribution in [2.75, 3.05) is 32.1 Å². The highest BCUT2D eigenvalue weighted by Crippen LogP contribution is 2.38. The summed E-state index contributed by atoms with van der Waals surface area (Å²) < 4.78 is 5.81. The Kier molecular flexibility index (Phi) is 5.11. The third kappa shape index (κ3) is 3.70. The number of anilines is 1. The van der Waals surface area contributed by atoms with Gasteiger partial charge in [0.1, 0.15) is 5.75 Å². The van der Waals surface area contributed by atoms with Crippen molar-refractivity contribution in [2.24, 2.45) is 0 Å². The highest BCUT2D eigenvalue weighted by molar-refractivity contribution is 7.11. The van der Waals surface area contributed by atoms with Gasteiger partial charge in [-0.25, -0.2) is 4.98 Å². The van der Waals surface area contributed by atoms with E-state index in [9.17, 15) is 4.79 Å². The van der Waals surface area contributed by atoms with E-state index in [0.29, 0.717) is 6.54 Å². The quantitative estimate of drug-likeness (QED) is 0.820. The van der Waals surface area contributed by atoms with E-state index in [1.54, 1.807) is 11.3 Å². The van der Waals surface area contributed by atoms with Crippen LogP contribution in [-0.4, -0.2) is 49.1 Å². The average molecular weight is 359 g/mol. The van der Waals surface area contributed by atoms with E-state index in [4.69, 9.17) is 4.74 Å². The summed E-state index contributed by atoms with van der Waals surface area (Å²) in [4.78, 5) is 22.5. The molecule has 0 saturated heterocycles. The van der Waals surface area contributed by atoms with Crippen molar-refractivity contribution in [3.63, 3.8) is 0 Å². The molecular formula is C19H25N3O2S. The minimum absolute atomic E-state index is 0.0228. The minimum atomic E-state index is -0.444. The van der Waals surface area contributed by atoms with Crippen molar-refractivity contribution in [2.45, 2.75) is 33.3 Å². The molecule has 1 aromatic carbocycles. The Morgan fingerprint density at radius 1 is 1.32 bits per heavy atom. The van der Waals surface area contributed by atoms with Crippen LogP contribution in [0.5, 0.6) is 5.75 Å². The van der Waals surface area contributed by atoms with Crippen molar-refractivity contribution in [1.82, 2.24) is 9.88 Å². The zero-order valence-corrected chi connectivity index (χ0v) is 16.3. The summed E-state index contributed by atoms with van der Waals surface area (Å²) in [5, 5.41) is 1.05. The Balaban J connectivity index is 1.95. The number of nitrogens with zero attached hydrogens (tertiary/aromatic N) is 3. The smallest absolute Gasteiger partial charge is 0.267 e. The van der Waals surface area contributed by atoms with Gasteiger partial charge >= 0.3 is 0 Å². The SMILES string of the molecule is Cc1nc(-c2ccc3c(c2)N(CCCN(C)C)C(=O)C(C)O3)c(C)s1. The number of rotatable bonds is 5. The van der Waals surface area contributed by atoms with Gasteiger partial charge in [0.15, 0.2) is 6.10 Å². The Bertz CT molecular complexity index is 785. The highest BCUT2D eigenvalue weighted by atomic mass is 32.1. The molecule has 2 aromatic rings. The van der Waals surface area contributed by atoms with Gasteiger partial charge in [-0.15, -0.1) is 11.3 Å². The third-order valence-corrected chi connectivity index (χ3v) is 5.22. The second-order valence-electron chi connectivity index (χ2n) is 6.73. The number of amides is 1. The number of carbonyl (C=O) groups is 1. The molecule has 25 heavy (non-hydrogen) atoms. The van der Waals surface area contributed by atoms with Crippen molar-refractivity contribution in [3.05, 3.63) is 28.1 Å². The molecule has 3 rings (SSSR count). The highest BCUT2D eigenvalue weighted by Gasteiger charge is 2.31. The van der Waals surface area contributed by atoms with Crippen LogP contribution in [0.15, 0.2) is 18.2 Å². The summed E-state index contributed by atoms with van der Waals surface area (Å²) in [7, 11) is 4.09. The van der Waals surface area contributed by atoms with E-state index >= 15 is 0 Å². The second-order valence-corrected chi connectivity index (χ2v) is 8.13. The van der Waals surface area contributed by atoms with Crippen LogP contribution in [0.3, 0.4) is 0 Å². The van der Waals surface area contributed by atoms with E-state index in [2.05, 4.69) is 16.8 Å². The maximum absolute atomic E-state index is 12.7. The molecule has 0 spiro atoms. The van der Waals surface area contributed by atoms with Gasteiger partial charge in [-0.2, -0.15) is 0 Å². The predicted molar refractivity (Wildman–Crippen MR) is 103 cm³/mol. The summed E-state index contributed by atoms with van der Waals surface area (Å²) in [5.41, 5.74) is 2.87. The summed E-state index contributed by atoms with van der Waals surface area (Å²) in [5.74, 6) is 0.792. The number of hydrogen-bond acceptors (Lipinski definition) is 5. The first kappa shape index (κ1) is 17.9. The molecule has 0 radical (unpaired) electrons. The zero-order valence-electron chi connectivity index (χ0n) is 15.5. The second kappa shape index (κ2) is 7.14. The molecule has 0 bridgehead atoms. The first-order chi connectivity index (χ1) is 11.9. The van der Waals surface area contributed by atoms with Gasteiger partial charge in [0.25, 0.3) is 5.91 Å². The normalized spacial score (nSPS) is 17.0. The number of benzene rings is 1. The molecule has 1 amide bonds. The topological polar surface area (TPSA) is 45.7 Å². The first-order valence-electron chi connectivity index (χ1n) is 8.58. The number of hydrogen-bond donors (Lipinski definition) is 0. The van der Waals surface area contributed by atoms with Crippen LogP contribution in [-0.2, 0) is 4.79 Å². The molecule has 0 aliphatic carbocycles. The van der Waals surface area contributed by atoms with Gasteiger partial charge in [0.05, 0.1) is 16.4 Å². The zero-order chi connectivity index (χ0) is 18.1. The largest absolute Gasteiger partial charge is 0.479 e. The standard InChI is InChI=1S/C19H25N3O2S/c1-12-19(23)22(10-6-9-21(4)5)16-11-15(7-8-17(16)24-12)18-13(2)25-14(3)20-18/h7-8,11-12H,6,9-10H2,1-5H3. The van der Waals surface area contributed by atoms with Gasteiger partial charge < -0.3 is 14.5 Å². The Hall–Kier alpha value is -1.92. The Labute approximate surface area is 153 Å². The van der Waals surface area contributed by atoms with Gasteiger partial charge in [0, 0.05) is 17.0 Å². The summed E-state index contributed by atoms with van der Waals surface area (Å²) >= 11 is 1.69. The first-order valence-corrected chi connectivity index (χ1v) is 9.39. The van der Waals surface area contributed by atoms with Crippen molar-refractivity contribution in [3.8, 4) is 17.0 Å². The lowest BCUT2D eigenvalue weighted by atomic mass is 10.1. The number of thiazole rings is 1. The number of aryl methyl sites for hydroxylation is 2. The molecule has 134 valence electrons. The van der Waals surface area contributed by atoms with Gasteiger partial charge in [-0.05, 0) is 66.0 Å². The third-order valence-electron chi connectivity index (χ3n) is 4.33. The Morgan fingerprint density at radius 2 is 2.08 bits per heavy atom. The minimum Gasteiger partial charge on any atom is -0.479 e. The summed E-state index contributed by atoms with van der Waals surface area (Å²) in [6.07, 6.45) is 0.477. The lowest BCUT2D eigenvalue weighted by Gasteiger charge is -2.33. The lowest BCUT2D eigenvalue weighted by Crippen LogP contribution is -2.45. The molecule has 0 saturated carbocycles. The van der Waals surface area contributed by atoms with Crippen LogP contribution in [0.2, 0.25) is 0 Å². The molecule has 1 atom stereocenters. The van der Waals surface area contributed by atoms with Crippen LogP contribution >= 0.6 is 11.3 Å². The van der Waals surface area contributed by atoms with Crippen LogP contribution in [0.1, 0.15) is 23.2 Å². The molecule has 1 unspecified atom stereocenters. The number of ether oxygens (including phenoxy) is 1. The number of carbonyl (C=O) groups excluding carboxylic acids is 1. The monoisotopic (exact) mass is 359 g/mol.